The Kier molecular flexibility index (Phi) is 5.38. The molecule has 9 heteroatoms. The summed E-state index contributed by atoms with van der Waals surface area (Å²) in [6, 6.07) is 2.90. The molecule has 0 aliphatic carbocycles. The van der Waals surface area contributed by atoms with Gasteiger partial charge in [-0.25, -0.2) is 9.97 Å². The number of halogens is 2. The lowest BCUT2D eigenvalue weighted by Crippen LogP contribution is -2.10. The molecular formula is C19H21F2N5OS. The molecule has 0 saturated carbocycles. The summed E-state index contributed by atoms with van der Waals surface area (Å²) >= 11 is 1.51. The van der Waals surface area contributed by atoms with E-state index in [2.05, 4.69) is 20.2 Å². The average molecular weight is 405 g/mol. The Balaban J connectivity index is 2.25. The van der Waals surface area contributed by atoms with Gasteiger partial charge < -0.3 is 9.67 Å². The van der Waals surface area contributed by atoms with Crippen molar-refractivity contribution in [1.82, 2.24) is 24.7 Å². The molecular weight excluding hydrogens is 384 g/mol. The first-order valence-electron chi connectivity index (χ1n) is 8.72. The van der Waals surface area contributed by atoms with E-state index in [1.54, 1.807) is 23.8 Å². The van der Waals surface area contributed by atoms with Crippen LogP contribution >= 0.6 is 11.8 Å². The number of hydrogen-bond donors (Lipinski definition) is 1. The van der Waals surface area contributed by atoms with Crippen molar-refractivity contribution in [1.29, 1.82) is 0 Å². The summed E-state index contributed by atoms with van der Waals surface area (Å²) in [7, 11) is 1.73. The van der Waals surface area contributed by atoms with Crippen molar-refractivity contribution in [3.05, 3.63) is 29.1 Å². The first-order valence-corrected chi connectivity index (χ1v) is 9.71. The van der Waals surface area contributed by atoms with Crippen LogP contribution in [0.2, 0.25) is 0 Å². The van der Waals surface area contributed by atoms with Crippen molar-refractivity contribution in [2.45, 2.75) is 38.5 Å². The minimum Gasteiger partial charge on any atom is -0.506 e. The second-order valence-electron chi connectivity index (χ2n) is 6.72. The number of aryl methyl sites for hydroxylation is 1. The Morgan fingerprint density at radius 2 is 1.96 bits per heavy atom. The number of fused-ring (bicyclic) bond motifs is 1. The van der Waals surface area contributed by atoms with Crippen LogP contribution in [0.3, 0.4) is 0 Å². The number of pyridine rings is 1. The van der Waals surface area contributed by atoms with Gasteiger partial charge in [0.25, 0.3) is 5.92 Å². The molecule has 0 unspecified atom stereocenters. The fraction of sp³-hybridized carbons (Fsp3) is 0.368. The topological polar surface area (TPSA) is 76.7 Å². The molecule has 0 fully saturated rings. The molecule has 3 aromatic heterocycles. The molecule has 0 aromatic carbocycles. The van der Waals surface area contributed by atoms with Gasteiger partial charge >= 0.3 is 0 Å². The van der Waals surface area contributed by atoms with Gasteiger partial charge in [-0.3, -0.25) is 0 Å². The van der Waals surface area contributed by atoms with Crippen LogP contribution < -0.4 is 0 Å². The number of aromatic nitrogens is 5. The Morgan fingerprint density at radius 1 is 1.25 bits per heavy atom. The third-order valence-electron chi connectivity index (χ3n) is 4.00. The van der Waals surface area contributed by atoms with E-state index in [1.807, 2.05) is 20.8 Å². The van der Waals surface area contributed by atoms with Crippen molar-refractivity contribution in [3.8, 4) is 17.3 Å². The summed E-state index contributed by atoms with van der Waals surface area (Å²) in [6.07, 6.45) is 1.78. The van der Waals surface area contributed by atoms with Crippen LogP contribution in [0.5, 0.6) is 5.75 Å². The molecule has 28 heavy (non-hydrogen) atoms. The van der Waals surface area contributed by atoms with Crippen LogP contribution in [-0.2, 0) is 13.0 Å². The lowest BCUT2D eigenvalue weighted by molar-refractivity contribution is 0.0120. The summed E-state index contributed by atoms with van der Waals surface area (Å²) < 4.78 is 28.9. The Bertz CT molecular complexity index is 1070. The van der Waals surface area contributed by atoms with Crippen LogP contribution in [0.15, 0.2) is 22.6 Å². The Morgan fingerprint density at radius 3 is 2.57 bits per heavy atom. The van der Waals surface area contributed by atoms with Gasteiger partial charge in [0.05, 0.1) is 0 Å². The Labute approximate surface area is 165 Å². The van der Waals surface area contributed by atoms with Gasteiger partial charge in [0.15, 0.2) is 11.5 Å². The van der Waals surface area contributed by atoms with Gasteiger partial charge in [0.2, 0.25) is 0 Å². The number of alkyl halides is 2. The molecule has 3 aromatic rings. The number of nitrogens with zero attached hydrogens (tertiary/aromatic N) is 5. The van der Waals surface area contributed by atoms with Gasteiger partial charge in [-0.1, -0.05) is 12.5 Å². The zero-order chi connectivity index (χ0) is 20.6. The molecule has 0 spiro atoms. The SMILES string of the molecule is CCSc1cc(O)c(C=C(C)C)nc1-c1nc2cc(C(C)(F)F)nnc2n1C. The lowest BCUT2D eigenvalue weighted by Gasteiger charge is -2.10. The summed E-state index contributed by atoms with van der Waals surface area (Å²) in [6.45, 7) is 6.58. The molecule has 1 N–H and O–H groups in total. The predicted molar refractivity (Wildman–Crippen MR) is 106 cm³/mol. The largest absolute Gasteiger partial charge is 0.506 e. The maximum atomic E-state index is 13.6. The molecule has 0 radical (unpaired) electrons. The van der Waals surface area contributed by atoms with Crippen LogP contribution in [-0.4, -0.2) is 35.6 Å². The van der Waals surface area contributed by atoms with E-state index >= 15 is 0 Å². The quantitative estimate of drug-likeness (QED) is 0.616. The molecule has 3 rings (SSSR count). The van der Waals surface area contributed by atoms with E-state index in [0.717, 1.165) is 23.1 Å². The average Bonchev–Trinajstić information content (AvgIpc) is 2.92. The number of allylic oxidation sites excluding steroid dienone is 1. The zero-order valence-corrected chi connectivity index (χ0v) is 17.1. The fourth-order valence-electron chi connectivity index (χ4n) is 2.72. The molecule has 6 nitrogen and oxygen atoms in total. The van der Waals surface area contributed by atoms with Gasteiger partial charge in [0, 0.05) is 18.9 Å². The summed E-state index contributed by atoms with van der Waals surface area (Å²) in [5.74, 6) is -1.78. The molecule has 0 aliphatic heterocycles. The normalized spacial score (nSPS) is 11.8. The number of rotatable bonds is 5. The van der Waals surface area contributed by atoms with E-state index < -0.39 is 11.6 Å². The summed E-state index contributed by atoms with van der Waals surface area (Å²) in [5.41, 5.74) is 2.23. The highest BCUT2D eigenvalue weighted by Crippen LogP contribution is 2.35. The minimum atomic E-state index is -3.10. The molecule has 0 aliphatic rings. The van der Waals surface area contributed by atoms with Crippen molar-refractivity contribution in [2.75, 3.05) is 5.75 Å². The first-order chi connectivity index (χ1) is 13.1. The maximum absolute atomic E-state index is 13.6. The van der Waals surface area contributed by atoms with E-state index in [9.17, 15) is 13.9 Å². The van der Waals surface area contributed by atoms with Crippen LogP contribution in [0.1, 0.15) is 39.1 Å². The molecule has 0 bridgehead atoms. The summed E-state index contributed by atoms with van der Waals surface area (Å²) in [5, 5.41) is 17.9. The smallest absolute Gasteiger partial charge is 0.288 e. The van der Waals surface area contributed by atoms with Crippen LogP contribution in [0.4, 0.5) is 8.78 Å². The van der Waals surface area contributed by atoms with Gasteiger partial charge in [-0.05, 0) is 37.8 Å². The maximum Gasteiger partial charge on any atom is 0.288 e. The summed E-state index contributed by atoms with van der Waals surface area (Å²) in [4.78, 5) is 9.85. The second-order valence-corrected chi connectivity index (χ2v) is 8.02. The molecule has 0 amide bonds. The van der Waals surface area contributed by atoms with Gasteiger partial charge in [-0.15, -0.1) is 22.0 Å². The molecule has 3 heterocycles. The minimum absolute atomic E-state index is 0.0763. The number of imidazole rings is 1. The number of hydrogen-bond acceptors (Lipinski definition) is 6. The highest BCUT2D eigenvalue weighted by atomic mass is 32.2. The van der Waals surface area contributed by atoms with Crippen LogP contribution in [0.25, 0.3) is 28.8 Å². The third-order valence-corrected chi connectivity index (χ3v) is 4.91. The lowest BCUT2D eigenvalue weighted by atomic mass is 10.2. The van der Waals surface area contributed by atoms with Crippen molar-refractivity contribution >= 4 is 29.0 Å². The van der Waals surface area contributed by atoms with E-state index in [-0.39, 0.29) is 5.75 Å². The van der Waals surface area contributed by atoms with Gasteiger partial charge in [0.1, 0.15) is 28.3 Å². The zero-order valence-electron chi connectivity index (χ0n) is 16.3. The monoisotopic (exact) mass is 405 g/mol. The predicted octanol–water partition coefficient (Wildman–Crippen LogP) is 4.78. The van der Waals surface area contributed by atoms with Crippen molar-refractivity contribution in [3.63, 3.8) is 0 Å². The number of aromatic hydroxyl groups is 1. The second kappa shape index (κ2) is 7.46. The van der Waals surface area contributed by atoms with E-state index in [4.69, 9.17) is 0 Å². The highest BCUT2D eigenvalue weighted by molar-refractivity contribution is 7.99. The van der Waals surface area contributed by atoms with E-state index in [1.165, 1.54) is 17.8 Å². The van der Waals surface area contributed by atoms with Crippen LogP contribution in [0, 0.1) is 0 Å². The van der Waals surface area contributed by atoms with E-state index in [0.29, 0.717) is 28.4 Å². The fourth-order valence-corrected chi connectivity index (χ4v) is 3.50. The molecule has 0 saturated heterocycles. The molecule has 0 atom stereocenters. The van der Waals surface area contributed by atoms with Crippen molar-refractivity contribution < 1.29 is 13.9 Å². The number of thioether (sulfide) groups is 1. The Hall–Kier alpha value is -2.55. The van der Waals surface area contributed by atoms with Crippen molar-refractivity contribution in [2.24, 2.45) is 7.05 Å². The third kappa shape index (κ3) is 3.84. The molecule has 148 valence electrons. The first kappa shape index (κ1) is 20.2. The standard InChI is InChI=1S/C19H21F2N5OS/c1-6-28-14-9-13(27)11(7-10(2)3)22-16(14)18-23-12-8-15(19(4,20)21)24-25-17(12)26(18)5/h7-9,27H,6H2,1-5H3. The highest BCUT2D eigenvalue weighted by Gasteiger charge is 2.28. The van der Waals surface area contributed by atoms with Gasteiger partial charge in [-0.2, -0.15) is 8.78 Å².